The molecule has 0 fully saturated rings. The molecule has 0 saturated carbocycles. The summed E-state index contributed by atoms with van der Waals surface area (Å²) in [4.78, 5) is 26.6. The lowest BCUT2D eigenvalue weighted by Crippen LogP contribution is -2.31. The molecule has 0 aliphatic heterocycles. The maximum atomic E-state index is 12.9. The van der Waals surface area contributed by atoms with Crippen LogP contribution in [-0.2, 0) is 4.79 Å². The molecular formula is C16H18FN3O3. The molecule has 23 heavy (non-hydrogen) atoms. The summed E-state index contributed by atoms with van der Waals surface area (Å²) >= 11 is 0. The minimum atomic E-state index is -0.364. The van der Waals surface area contributed by atoms with E-state index in [9.17, 15) is 14.0 Å². The molecule has 2 rings (SSSR count). The van der Waals surface area contributed by atoms with Gasteiger partial charge >= 0.3 is 0 Å². The lowest BCUT2D eigenvalue weighted by atomic mass is 10.1. The molecule has 0 aliphatic rings. The highest BCUT2D eigenvalue weighted by molar-refractivity contribution is 5.92. The van der Waals surface area contributed by atoms with Gasteiger partial charge in [-0.3, -0.25) is 9.59 Å². The number of benzene rings is 1. The van der Waals surface area contributed by atoms with Gasteiger partial charge in [-0.15, -0.1) is 0 Å². The number of halogens is 1. The predicted molar refractivity (Wildman–Crippen MR) is 82.2 cm³/mol. The van der Waals surface area contributed by atoms with E-state index in [1.807, 2.05) is 0 Å². The SMILES string of the molecule is CN(C)C(=O)CCN(C)C(=O)c1cc(-c2ccc(F)cc2)no1. The van der Waals surface area contributed by atoms with Crippen LogP contribution in [0.5, 0.6) is 0 Å². The number of carbonyl (C=O) groups excluding carboxylic acids is 2. The molecule has 6 nitrogen and oxygen atoms in total. The number of hydrogen-bond donors (Lipinski definition) is 0. The molecule has 0 spiro atoms. The van der Waals surface area contributed by atoms with Gasteiger partial charge in [0, 0.05) is 45.7 Å². The number of rotatable bonds is 5. The van der Waals surface area contributed by atoms with Gasteiger partial charge in [-0.2, -0.15) is 0 Å². The Hall–Kier alpha value is -2.70. The van der Waals surface area contributed by atoms with E-state index in [-0.39, 0.29) is 36.4 Å². The molecule has 1 heterocycles. The van der Waals surface area contributed by atoms with Crippen LogP contribution < -0.4 is 0 Å². The molecule has 122 valence electrons. The van der Waals surface area contributed by atoms with Crippen LogP contribution in [0.2, 0.25) is 0 Å². The van der Waals surface area contributed by atoms with E-state index in [2.05, 4.69) is 5.16 Å². The quantitative estimate of drug-likeness (QED) is 0.846. The number of nitrogens with zero attached hydrogens (tertiary/aromatic N) is 3. The second-order valence-electron chi connectivity index (χ2n) is 5.35. The number of carbonyl (C=O) groups is 2. The zero-order chi connectivity index (χ0) is 17.0. The molecule has 0 N–H and O–H groups in total. The molecule has 7 heteroatoms. The smallest absolute Gasteiger partial charge is 0.292 e. The lowest BCUT2D eigenvalue weighted by molar-refractivity contribution is -0.128. The van der Waals surface area contributed by atoms with Crippen LogP contribution in [0.25, 0.3) is 11.3 Å². The summed E-state index contributed by atoms with van der Waals surface area (Å²) in [6.07, 6.45) is 0.230. The summed E-state index contributed by atoms with van der Waals surface area (Å²) in [5.74, 6) is -0.699. The number of hydrogen-bond acceptors (Lipinski definition) is 4. The van der Waals surface area contributed by atoms with Gasteiger partial charge in [0.1, 0.15) is 11.5 Å². The van der Waals surface area contributed by atoms with Crippen LogP contribution in [0.1, 0.15) is 17.0 Å². The van der Waals surface area contributed by atoms with Gasteiger partial charge < -0.3 is 14.3 Å². The van der Waals surface area contributed by atoms with Gasteiger partial charge in [-0.25, -0.2) is 4.39 Å². The molecule has 0 unspecified atom stereocenters. The highest BCUT2D eigenvalue weighted by atomic mass is 19.1. The monoisotopic (exact) mass is 319 g/mol. The Balaban J connectivity index is 2.03. The third kappa shape index (κ3) is 4.15. The first-order valence-corrected chi connectivity index (χ1v) is 7.06. The van der Waals surface area contributed by atoms with Crippen LogP contribution in [0, 0.1) is 5.82 Å². The van der Waals surface area contributed by atoms with Crippen molar-refractivity contribution in [2.24, 2.45) is 0 Å². The van der Waals surface area contributed by atoms with Crippen molar-refractivity contribution in [1.29, 1.82) is 0 Å². The highest BCUT2D eigenvalue weighted by Crippen LogP contribution is 2.20. The zero-order valence-corrected chi connectivity index (χ0v) is 13.2. The molecule has 1 aromatic carbocycles. The summed E-state index contributed by atoms with van der Waals surface area (Å²) in [7, 11) is 4.91. The van der Waals surface area contributed by atoms with Crippen molar-refractivity contribution in [3.8, 4) is 11.3 Å². The highest BCUT2D eigenvalue weighted by Gasteiger charge is 2.19. The molecule has 1 aromatic heterocycles. The molecule has 2 aromatic rings. The average Bonchev–Trinajstić information content (AvgIpc) is 3.01. The van der Waals surface area contributed by atoms with Crippen molar-refractivity contribution in [3.05, 3.63) is 41.9 Å². The van der Waals surface area contributed by atoms with Gasteiger partial charge in [0.25, 0.3) is 5.91 Å². The maximum absolute atomic E-state index is 12.9. The Kier molecular flexibility index (Phi) is 5.10. The largest absolute Gasteiger partial charge is 0.350 e. The van der Waals surface area contributed by atoms with Crippen molar-refractivity contribution >= 4 is 11.8 Å². The van der Waals surface area contributed by atoms with Gasteiger partial charge in [-0.05, 0) is 24.3 Å². The van der Waals surface area contributed by atoms with Crippen LogP contribution in [0.4, 0.5) is 4.39 Å². The standard InChI is InChI=1S/C16H18FN3O3/c1-19(2)15(21)8-9-20(3)16(22)14-10-13(18-23-14)11-4-6-12(17)7-5-11/h4-7,10H,8-9H2,1-3H3. The molecule has 0 atom stereocenters. The molecule has 0 radical (unpaired) electrons. The van der Waals surface area contributed by atoms with E-state index in [0.29, 0.717) is 11.3 Å². The minimum absolute atomic E-state index is 0.0609. The fourth-order valence-electron chi connectivity index (χ4n) is 1.91. The molecule has 0 bridgehead atoms. The van der Waals surface area contributed by atoms with E-state index in [1.54, 1.807) is 33.3 Å². The minimum Gasteiger partial charge on any atom is -0.350 e. The van der Waals surface area contributed by atoms with Crippen molar-refractivity contribution in [1.82, 2.24) is 15.0 Å². The third-order valence-corrected chi connectivity index (χ3v) is 3.37. The average molecular weight is 319 g/mol. The fourth-order valence-corrected chi connectivity index (χ4v) is 1.91. The van der Waals surface area contributed by atoms with E-state index in [0.717, 1.165) is 0 Å². The van der Waals surface area contributed by atoms with Crippen molar-refractivity contribution < 1.29 is 18.5 Å². The summed E-state index contributed by atoms with van der Waals surface area (Å²) in [5.41, 5.74) is 1.10. The Morgan fingerprint density at radius 3 is 2.43 bits per heavy atom. The molecule has 0 saturated heterocycles. The predicted octanol–water partition coefficient (Wildman–Crippen LogP) is 2.03. The summed E-state index contributed by atoms with van der Waals surface area (Å²) < 4.78 is 18.0. The Morgan fingerprint density at radius 2 is 1.83 bits per heavy atom. The zero-order valence-electron chi connectivity index (χ0n) is 13.2. The van der Waals surface area contributed by atoms with Crippen molar-refractivity contribution in [2.75, 3.05) is 27.7 Å². The first kappa shape index (κ1) is 16.7. The fraction of sp³-hybridized carbons (Fsp3) is 0.312. The first-order chi connectivity index (χ1) is 10.9. The van der Waals surface area contributed by atoms with Gasteiger partial charge in [0.05, 0.1) is 0 Å². The van der Waals surface area contributed by atoms with Crippen LogP contribution in [-0.4, -0.2) is 54.5 Å². The van der Waals surface area contributed by atoms with E-state index in [1.165, 1.54) is 28.0 Å². The molecule has 0 aliphatic carbocycles. The van der Waals surface area contributed by atoms with Crippen LogP contribution in [0.3, 0.4) is 0 Å². The Morgan fingerprint density at radius 1 is 1.17 bits per heavy atom. The van der Waals surface area contributed by atoms with Gasteiger partial charge in [0.2, 0.25) is 11.7 Å². The normalized spacial score (nSPS) is 10.4. The van der Waals surface area contributed by atoms with E-state index in [4.69, 9.17) is 4.52 Å². The summed E-state index contributed by atoms with van der Waals surface area (Å²) in [6, 6.07) is 7.23. The molecule has 2 amide bonds. The second kappa shape index (κ2) is 7.04. The van der Waals surface area contributed by atoms with Crippen LogP contribution >= 0.6 is 0 Å². The van der Waals surface area contributed by atoms with Crippen molar-refractivity contribution in [3.63, 3.8) is 0 Å². The first-order valence-electron chi connectivity index (χ1n) is 7.06. The van der Waals surface area contributed by atoms with Crippen LogP contribution in [0.15, 0.2) is 34.9 Å². The van der Waals surface area contributed by atoms with E-state index < -0.39 is 0 Å². The van der Waals surface area contributed by atoms with E-state index >= 15 is 0 Å². The Labute approximate surface area is 133 Å². The lowest BCUT2D eigenvalue weighted by Gasteiger charge is -2.16. The number of amides is 2. The second-order valence-corrected chi connectivity index (χ2v) is 5.35. The van der Waals surface area contributed by atoms with Gasteiger partial charge in [0.15, 0.2) is 0 Å². The van der Waals surface area contributed by atoms with Crippen molar-refractivity contribution in [2.45, 2.75) is 6.42 Å². The maximum Gasteiger partial charge on any atom is 0.292 e. The number of aromatic nitrogens is 1. The molecular weight excluding hydrogens is 301 g/mol. The topological polar surface area (TPSA) is 66.7 Å². The summed E-state index contributed by atoms with van der Waals surface area (Å²) in [5, 5.41) is 3.82. The van der Waals surface area contributed by atoms with Gasteiger partial charge in [-0.1, -0.05) is 5.16 Å². The third-order valence-electron chi connectivity index (χ3n) is 3.37. The summed E-state index contributed by atoms with van der Waals surface area (Å²) in [6.45, 7) is 0.280. The Bertz CT molecular complexity index is 695.